The van der Waals surface area contributed by atoms with Crippen LogP contribution in [-0.2, 0) is 0 Å². The van der Waals surface area contributed by atoms with Gasteiger partial charge in [0.05, 0.1) is 0 Å². The van der Waals surface area contributed by atoms with Gasteiger partial charge in [-0.3, -0.25) is 0 Å². The van der Waals surface area contributed by atoms with Gasteiger partial charge >= 0.3 is 0 Å². The third kappa shape index (κ3) is 3.63. The molecule has 1 aliphatic carbocycles. The Morgan fingerprint density at radius 1 is 1.14 bits per heavy atom. The molecule has 1 aliphatic rings. The summed E-state index contributed by atoms with van der Waals surface area (Å²) in [5, 5.41) is 0. The third-order valence-corrected chi connectivity index (χ3v) is 4.26. The molecule has 0 heterocycles. The first-order chi connectivity index (χ1) is 6.77. The van der Waals surface area contributed by atoms with E-state index in [1.807, 2.05) is 0 Å². The van der Waals surface area contributed by atoms with Crippen LogP contribution in [-0.4, -0.2) is 0 Å². The van der Waals surface area contributed by atoms with E-state index in [4.69, 9.17) is 0 Å². The van der Waals surface area contributed by atoms with Crippen molar-refractivity contribution in [1.82, 2.24) is 0 Å². The highest BCUT2D eigenvalue weighted by molar-refractivity contribution is 4.75. The third-order valence-electron chi connectivity index (χ3n) is 4.26. The maximum absolute atomic E-state index is 2.46. The molecule has 14 heavy (non-hydrogen) atoms. The van der Waals surface area contributed by atoms with Crippen molar-refractivity contribution in [2.75, 3.05) is 0 Å². The van der Waals surface area contributed by atoms with Gasteiger partial charge in [-0.05, 0) is 24.2 Å². The van der Waals surface area contributed by atoms with Crippen LogP contribution in [0, 0.1) is 17.8 Å². The van der Waals surface area contributed by atoms with Gasteiger partial charge in [-0.25, -0.2) is 0 Å². The lowest BCUT2D eigenvalue weighted by Gasteiger charge is -2.19. The normalized spacial score (nSPS) is 29.4. The van der Waals surface area contributed by atoms with Crippen LogP contribution in [0.15, 0.2) is 0 Å². The van der Waals surface area contributed by atoms with Crippen molar-refractivity contribution >= 4 is 0 Å². The quantitative estimate of drug-likeness (QED) is 0.559. The molecule has 3 atom stereocenters. The summed E-state index contributed by atoms with van der Waals surface area (Å²) >= 11 is 0. The van der Waals surface area contributed by atoms with Crippen molar-refractivity contribution in [3.8, 4) is 0 Å². The fraction of sp³-hybridized carbons (Fsp3) is 1.00. The summed E-state index contributed by atoms with van der Waals surface area (Å²) in [4.78, 5) is 0. The smallest absolute Gasteiger partial charge is 0.0388 e. The van der Waals surface area contributed by atoms with Crippen molar-refractivity contribution in [1.29, 1.82) is 0 Å². The summed E-state index contributed by atoms with van der Waals surface area (Å²) in [7, 11) is 0. The second kappa shape index (κ2) is 6.48. The van der Waals surface area contributed by atoms with Crippen molar-refractivity contribution in [2.45, 2.75) is 72.1 Å². The number of hydrogen-bond donors (Lipinski definition) is 0. The van der Waals surface area contributed by atoms with Crippen LogP contribution in [0.4, 0.5) is 0 Å². The zero-order valence-electron chi connectivity index (χ0n) is 10.4. The molecule has 0 saturated heterocycles. The zero-order valence-corrected chi connectivity index (χ0v) is 10.4. The fourth-order valence-electron chi connectivity index (χ4n) is 3.06. The van der Waals surface area contributed by atoms with Crippen molar-refractivity contribution in [2.24, 2.45) is 17.8 Å². The van der Waals surface area contributed by atoms with Crippen molar-refractivity contribution in [3.05, 3.63) is 0 Å². The Balaban J connectivity index is 2.17. The Hall–Kier alpha value is 0. The van der Waals surface area contributed by atoms with E-state index in [0.717, 1.165) is 17.8 Å². The summed E-state index contributed by atoms with van der Waals surface area (Å²) in [6.45, 7) is 7.14. The predicted octanol–water partition coefficient (Wildman–Crippen LogP) is 5.03. The van der Waals surface area contributed by atoms with E-state index in [1.165, 1.54) is 51.4 Å². The lowest BCUT2D eigenvalue weighted by Crippen LogP contribution is -2.07. The van der Waals surface area contributed by atoms with E-state index in [2.05, 4.69) is 20.8 Å². The van der Waals surface area contributed by atoms with E-state index in [-0.39, 0.29) is 0 Å². The van der Waals surface area contributed by atoms with Gasteiger partial charge in [-0.15, -0.1) is 0 Å². The minimum Gasteiger partial charge on any atom is -0.0654 e. The molecule has 1 rings (SSSR count). The maximum Gasteiger partial charge on any atom is -0.0388 e. The van der Waals surface area contributed by atoms with E-state index in [0.29, 0.717) is 0 Å². The second-order valence-electron chi connectivity index (χ2n) is 5.31. The molecule has 0 aliphatic heterocycles. The van der Waals surface area contributed by atoms with Gasteiger partial charge in [-0.2, -0.15) is 0 Å². The average Bonchev–Trinajstić information content (AvgIpc) is 2.59. The molecular weight excluding hydrogens is 168 g/mol. The summed E-state index contributed by atoms with van der Waals surface area (Å²) in [6.07, 6.45) is 11.7. The summed E-state index contributed by atoms with van der Waals surface area (Å²) in [5.74, 6) is 3.11. The molecule has 0 aromatic carbocycles. The number of hydrogen-bond acceptors (Lipinski definition) is 0. The van der Waals surface area contributed by atoms with E-state index >= 15 is 0 Å². The minimum atomic E-state index is 1.02. The Labute approximate surface area is 90.5 Å². The molecule has 3 unspecified atom stereocenters. The first-order valence-corrected chi connectivity index (χ1v) is 6.77. The van der Waals surface area contributed by atoms with Crippen LogP contribution in [0.25, 0.3) is 0 Å². The van der Waals surface area contributed by atoms with Crippen LogP contribution < -0.4 is 0 Å². The SMILES string of the molecule is CCCC(CC)CCC1CCCC1C. The molecule has 0 spiro atoms. The van der Waals surface area contributed by atoms with Gasteiger partial charge in [0.1, 0.15) is 0 Å². The molecular formula is C14H28. The van der Waals surface area contributed by atoms with Gasteiger partial charge in [0.15, 0.2) is 0 Å². The van der Waals surface area contributed by atoms with Crippen LogP contribution in [0.5, 0.6) is 0 Å². The Bertz CT molecular complexity index is 139. The van der Waals surface area contributed by atoms with Crippen LogP contribution in [0.3, 0.4) is 0 Å². The molecule has 0 aromatic heterocycles. The highest BCUT2D eigenvalue weighted by atomic mass is 14.3. The first-order valence-electron chi connectivity index (χ1n) is 6.77. The minimum absolute atomic E-state index is 1.02. The monoisotopic (exact) mass is 196 g/mol. The van der Waals surface area contributed by atoms with Gasteiger partial charge in [-0.1, -0.05) is 65.7 Å². The summed E-state index contributed by atoms with van der Waals surface area (Å²) < 4.78 is 0. The van der Waals surface area contributed by atoms with Crippen molar-refractivity contribution in [3.63, 3.8) is 0 Å². The van der Waals surface area contributed by atoms with Crippen LogP contribution in [0.1, 0.15) is 72.1 Å². The molecule has 0 heteroatoms. The Morgan fingerprint density at radius 2 is 1.93 bits per heavy atom. The molecule has 0 bridgehead atoms. The number of rotatable bonds is 6. The van der Waals surface area contributed by atoms with E-state index < -0.39 is 0 Å². The Morgan fingerprint density at radius 3 is 2.43 bits per heavy atom. The molecule has 1 fully saturated rings. The van der Waals surface area contributed by atoms with Gasteiger partial charge < -0.3 is 0 Å². The van der Waals surface area contributed by atoms with Gasteiger partial charge in [0.25, 0.3) is 0 Å². The highest BCUT2D eigenvalue weighted by Gasteiger charge is 2.23. The predicted molar refractivity (Wildman–Crippen MR) is 64.4 cm³/mol. The zero-order chi connectivity index (χ0) is 10.4. The molecule has 0 radical (unpaired) electrons. The lowest BCUT2D eigenvalue weighted by atomic mass is 9.87. The molecule has 0 aromatic rings. The lowest BCUT2D eigenvalue weighted by molar-refractivity contribution is 0.326. The molecule has 84 valence electrons. The fourth-order valence-corrected chi connectivity index (χ4v) is 3.06. The molecule has 1 saturated carbocycles. The maximum atomic E-state index is 2.46. The molecule has 0 N–H and O–H groups in total. The summed E-state index contributed by atoms with van der Waals surface area (Å²) in [5.41, 5.74) is 0. The molecule has 0 amide bonds. The second-order valence-corrected chi connectivity index (χ2v) is 5.31. The first kappa shape index (κ1) is 12.1. The standard InChI is InChI=1S/C14H28/c1-4-7-13(5-2)10-11-14-9-6-8-12(14)3/h12-14H,4-11H2,1-3H3. The molecule has 0 nitrogen and oxygen atoms in total. The van der Waals surface area contributed by atoms with Gasteiger partial charge in [0.2, 0.25) is 0 Å². The Kier molecular flexibility index (Phi) is 5.59. The van der Waals surface area contributed by atoms with Crippen molar-refractivity contribution < 1.29 is 0 Å². The largest absolute Gasteiger partial charge is 0.0654 e. The van der Waals surface area contributed by atoms with E-state index in [9.17, 15) is 0 Å². The van der Waals surface area contributed by atoms with Crippen LogP contribution >= 0.6 is 0 Å². The average molecular weight is 196 g/mol. The van der Waals surface area contributed by atoms with E-state index in [1.54, 1.807) is 0 Å². The topological polar surface area (TPSA) is 0 Å². The highest BCUT2D eigenvalue weighted by Crippen LogP contribution is 2.35. The van der Waals surface area contributed by atoms with Gasteiger partial charge in [0, 0.05) is 0 Å². The van der Waals surface area contributed by atoms with Crippen LogP contribution in [0.2, 0.25) is 0 Å². The summed E-state index contributed by atoms with van der Waals surface area (Å²) in [6, 6.07) is 0.